The van der Waals surface area contributed by atoms with E-state index in [1.807, 2.05) is 18.2 Å². The third-order valence-electron chi connectivity index (χ3n) is 3.30. The second kappa shape index (κ2) is 5.15. The molecule has 0 spiro atoms. The number of hydrogen-bond acceptors (Lipinski definition) is 2. The normalized spacial score (nSPS) is 25.1. The average molecular weight is 218 g/mol. The van der Waals surface area contributed by atoms with Gasteiger partial charge in [-0.1, -0.05) is 19.1 Å². The van der Waals surface area contributed by atoms with Crippen LogP contribution in [0.15, 0.2) is 24.3 Å². The molecule has 1 aromatic carbocycles. The summed E-state index contributed by atoms with van der Waals surface area (Å²) >= 11 is 0. The number of hydrogen-bond donors (Lipinski definition) is 0. The summed E-state index contributed by atoms with van der Waals surface area (Å²) in [7, 11) is 0. The molecule has 1 aromatic rings. The second-order valence-electron chi connectivity index (χ2n) is 4.66. The van der Waals surface area contributed by atoms with Crippen LogP contribution in [0.4, 0.5) is 0 Å². The molecule has 0 N–H and O–H groups in total. The number of carbonyl (C=O) groups excluding carboxylic acids is 1. The van der Waals surface area contributed by atoms with Crippen LogP contribution in [0, 0.1) is 5.92 Å². The molecule has 0 heterocycles. The molecule has 86 valence electrons. The zero-order valence-electron chi connectivity index (χ0n) is 9.69. The molecular weight excluding hydrogens is 200 g/mol. The lowest BCUT2D eigenvalue weighted by atomic mass is 9.89. The first-order valence-corrected chi connectivity index (χ1v) is 6.00. The summed E-state index contributed by atoms with van der Waals surface area (Å²) in [6.07, 6.45) is 5.82. The quantitative estimate of drug-likeness (QED) is 0.726. The molecule has 0 aromatic heterocycles. The van der Waals surface area contributed by atoms with Crippen molar-refractivity contribution in [1.82, 2.24) is 0 Å². The first kappa shape index (κ1) is 11.2. The second-order valence-corrected chi connectivity index (χ2v) is 4.66. The Hall–Kier alpha value is -1.31. The Kier molecular flexibility index (Phi) is 3.60. The van der Waals surface area contributed by atoms with Gasteiger partial charge in [0.15, 0.2) is 6.29 Å². The van der Waals surface area contributed by atoms with E-state index in [2.05, 4.69) is 6.92 Å². The Labute approximate surface area is 96.6 Å². The van der Waals surface area contributed by atoms with Gasteiger partial charge in [-0.15, -0.1) is 0 Å². The van der Waals surface area contributed by atoms with Crippen molar-refractivity contribution in [1.29, 1.82) is 0 Å². The Bertz CT molecular complexity index is 352. The van der Waals surface area contributed by atoms with E-state index in [-0.39, 0.29) is 6.10 Å². The molecular formula is C14H18O2. The van der Waals surface area contributed by atoms with Gasteiger partial charge >= 0.3 is 0 Å². The van der Waals surface area contributed by atoms with Crippen LogP contribution in [0.25, 0.3) is 0 Å². The molecule has 0 bridgehead atoms. The SMILES string of the molecule is CC1CCC(Oc2ccccc2C=O)CC1. The van der Waals surface area contributed by atoms with Gasteiger partial charge in [-0.25, -0.2) is 0 Å². The fourth-order valence-electron chi connectivity index (χ4n) is 2.21. The topological polar surface area (TPSA) is 26.3 Å². The zero-order chi connectivity index (χ0) is 11.4. The molecule has 0 saturated heterocycles. The van der Waals surface area contributed by atoms with Gasteiger partial charge in [0.2, 0.25) is 0 Å². The van der Waals surface area contributed by atoms with Gasteiger partial charge in [0, 0.05) is 0 Å². The zero-order valence-corrected chi connectivity index (χ0v) is 9.69. The van der Waals surface area contributed by atoms with Crippen LogP contribution in [0.3, 0.4) is 0 Å². The fourth-order valence-corrected chi connectivity index (χ4v) is 2.21. The molecule has 16 heavy (non-hydrogen) atoms. The number of ether oxygens (including phenoxy) is 1. The van der Waals surface area contributed by atoms with Crippen LogP contribution in [0.2, 0.25) is 0 Å². The van der Waals surface area contributed by atoms with Crippen molar-refractivity contribution in [3.8, 4) is 5.75 Å². The molecule has 0 radical (unpaired) electrons. The maximum Gasteiger partial charge on any atom is 0.153 e. The third kappa shape index (κ3) is 2.63. The highest BCUT2D eigenvalue weighted by molar-refractivity contribution is 5.79. The minimum absolute atomic E-state index is 0.289. The lowest BCUT2D eigenvalue weighted by molar-refractivity contribution is 0.110. The first-order valence-electron chi connectivity index (χ1n) is 6.00. The summed E-state index contributed by atoms with van der Waals surface area (Å²) in [6, 6.07) is 7.45. The van der Waals surface area contributed by atoms with E-state index in [4.69, 9.17) is 4.74 Å². The van der Waals surface area contributed by atoms with Crippen molar-refractivity contribution in [3.05, 3.63) is 29.8 Å². The third-order valence-corrected chi connectivity index (χ3v) is 3.30. The standard InChI is InChI=1S/C14H18O2/c1-11-6-8-13(9-7-11)16-14-5-3-2-4-12(14)10-15/h2-5,10-11,13H,6-9H2,1H3. The molecule has 1 aliphatic carbocycles. The van der Waals surface area contributed by atoms with E-state index in [1.165, 1.54) is 12.8 Å². The molecule has 0 unspecified atom stereocenters. The van der Waals surface area contributed by atoms with Gasteiger partial charge in [-0.2, -0.15) is 0 Å². The average Bonchev–Trinajstić information content (AvgIpc) is 2.33. The fraction of sp³-hybridized carbons (Fsp3) is 0.500. The highest BCUT2D eigenvalue weighted by Crippen LogP contribution is 2.28. The van der Waals surface area contributed by atoms with Gasteiger partial charge in [0.05, 0.1) is 11.7 Å². The first-order chi connectivity index (χ1) is 7.79. The van der Waals surface area contributed by atoms with Crippen LogP contribution < -0.4 is 4.74 Å². The molecule has 2 rings (SSSR count). The Morgan fingerprint density at radius 1 is 1.19 bits per heavy atom. The van der Waals surface area contributed by atoms with Crippen molar-refractivity contribution < 1.29 is 9.53 Å². The molecule has 0 atom stereocenters. The van der Waals surface area contributed by atoms with Crippen molar-refractivity contribution in [2.24, 2.45) is 5.92 Å². The Morgan fingerprint density at radius 2 is 1.88 bits per heavy atom. The van der Waals surface area contributed by atoms with Gasteiger partial charge in [-0.3, -0.25) is 4.79 Å². The Balaban J connectivity index is 2.00. The molecule has 1 fully saturated rings. The molecule has 1 saturated carbocycles. The molecule has 0 amide bonds. The summed E-state index contributed by atoms with van der Waals surface area (Å²) in [5.41, 5.74) is 0.654. The highest BCUT2D eigenvalue weighted by atomic mass is 16.5. The lowest BCUT2D eigenvalue weighted by Gasteiger charge is -2.27. The van der Waals surface area contributed by atoms with Crippen LogP contribution in [0.5, 0.6) is 5.75 Å². The van der Waals surface area contributed by atoms with Crippen molar-refractivity contribution >= 4 is 6.29 Å². The largest absolute Gasteiger partial charge is 0.490 e. The van der Waals surface area contributed by atoms with Crippen LogP contribution in [-0.2, 0) is 0 Å². The van der Waals surface area contributed by atoms with Crippen molar-refractivity contribution in [3.63, 3.8) is 0 Å². The number of carbonyl (C=O) groups is 1. The predicted octanol–water partition coefficient (Wildman–Crippen LogP) is 3.46. The van der Waals surface area contributed by atoms with Crippen molar-refractivity contribution in [2.75, 3.05) is 0 Å². The highest BCUT2D eigenvalue weighted by Gasteiger charge is 2.20. The molecule has 2 nitrogen and oxygen atoms in total. The summed E-state index contributed by atoms with van der Waals surface area (Å²) in [5, 5.41) is 0. The van der Waals surface area contributed by atoms with Crippen LogP contribution >= 0.6 is 0 Å². The smallest absolute Gasteiger partial charge is 0.153 e. The van der Waals surface area contributed by atoms with Gasteiger partial charge in [0.1, 0.15) is 5.75 Å². The van der Waals surface area contributed by atoms with Gasteiger partial charge in [-0.05, 0) is 43.7 Å². The minimum atomic E-state index is 0.289. The van der Waals surface area contributed by atoms with E-state index in [9.17, 15) is 4.79 Å². The number of benzene rings is 1. The summed E-state index contributed by atoms with van der Waals surface area (Å²) in [5.74, 6) is 1.55. The molecule has 1 aliphatic rings. The number of aldehydes is 1. The van der Waals surface area contributed by atoms with E-state index >= 15 is 0 Å². The Morgan fingerprint density at radius 3 is 2.56 bits per heavy atom. The maximum atomic E-state index is 10.8. The predicted molar refractivity (Wildman–Crippen MR) is 63.9 cm³/mol. The number of rotatable bonds is 3. The molecule has 2 heteroatoms. The van der Waals surface area contributed by atoms with Crippen molar-refractivity contribution in [2.45, 2.75) is 38.7 Å². The summed E-state index contributed by atoms with van der Waals surface area (Å²) in [4.78, 5) is 10.8. The van der Waals surface area contributed by atoms with E-state index in [0.29, 0.717) is 5.56 Å². The minimum Gasteiger partial charge on any atom is -0.490 e. The number of para-hydroxylation sites is 1. The van der Waals surface area contributed by atoms with Crippen LogP contribution in [-0.4, -0.2) is 12.4 Å². The van der Waals surface area contributed by atoms with Crippen LogP contribution in [0.1, 0.15) is 43.0 Å². The lowest BCUT2D eigenvalue weighted by Crippen LogP contribution is -2.23. The van der Waals surface area contributed by atoms with Gasteiger partial charge < -0.3 is 4.74 Å². The van der Waals surface area contributed by atoms with E-state index in [0.717, 1.165) is 30.8 Å². The monoisotopic (exact) mass is 218 g/mol. The van der Waals surface area contributed by atoms with E-state index in [1.54, 1.807) is 6.07 Å². The summed E-state index contributed by atoms with van der Waals surface area (Å²) in [6.45, 7) is 2.29. The molecule has 0 aliphatic heterocycles. The van der Waals surface area contributed by atoms with Gasteiger partial charge in [0.25, 0.3) is 0 Å². The maximum absolute atomic E-state index is 10.8. The summed E-state index contributed by atoms with van der Waals surface area (Å²) < 4.78 is 5.89. The van der Waals surface area contributed by atoms with E-state index < -0.39 is 0 Å².